The average molecular weight is 271 g/mol. The number of nitrogens with zero attached hydrogens (tertiary/aromatic N) is 1. The summed E-state index contributed by atoms with van der Waals surface area (Å²) in [7, 11) is 0. The summed E-state index contributed by atoms with van der Waals surface area (Å²) in [6, 6.07) is -0.0212. The average Bonchev–Trinajstić information content (AvgIpc) is 2.36. The molecule has 1 aliphatic rings. The fourth-order valence-corrected chi connectivity index (χ4v) is 2.28. The number of nitrogens with one attached hydrogen (secondary N) is 1. The number of hydrogen-bond donors (Lipinski definition) is 3. The number of piperidine rings is 1. The van der Waals surface area contributed by atoms with Crippen molar-refractivity contribution < 1.29 is 14.7 Å². The van der Waals surface area contributed by atoms with Crippen LogP contribution in [0.3, 0.4) is 0 Å². The van der Waals surface area contributed by atoms with Crippen molar-refractivity contribution in [3.8, 4) is 0 Å². The molecule has 6 nitrogen and oxygen atoms in total. The number of hydrogen-bond acceptors (Lipinski definition) is 4. The molecule has 0 aromatic carbocycles. The van der Waals surface area contributed by atoms with E-state index in [4.69, 9.17) is 10.8 Å². The molecule has 1 fully saturated rings. The third-order valence-corrected chi connectivity index (χ3v) is 3.61. The van der Waals surface area contributed by atoms with E-state index in [9.17, 15) is 9.59 Å². The minimum Gasteiger partial charge on any atom is -0.481 e. The van der Waals surface area contributed by atoms with Gasteiger partial charge in [0.1, 0.15) is 0 Å². The third-order valence-electron chi connectivity index (χ3n) is 3.61. The van der Waals surface area contributed by atoms with Crippen LogP contribution in [0.5, 0.6) is 0 Å². The van der Waals surface area contributed by atoms with Crippen LogP contribution in [-0.2, 0) is 9.59 Å². The lowest BCUT2D eigenvalue weighted by atomic mass is 10.0. The zero-order valence-electron chi connectivity index (χ0n) is 11.8. The Labute approximate surface area is 114 Å². The topological polar surface area (TPSA) is 95.7 Å². The number of amides is 1. The Hall–Kier alpha value is -1.14. The molecule has 6 heteroatoms. The van der Waals surface area contributed by atoms with Gasteiger partial charge in [0.2, 0.25) is 5.91 Å². The van der Waals surface area contributed by atoms with Crippen LogP contribution in [0.4, 0.5) is 0 Å². The summed E-state index contributed by atoms with van der Waals surface area (Å²) in [6.07, 6.45) is 1.97. The predicted octanol–water partition coefficient (Wildman–Crippen LogP) is 0.168. The molecule has 1 rings (SSSR count). The fraction of sp³-hybridized carbons (Fsp3) is 0.846. The number of carbonyl (C=O) groups excluding carboxylic acids is 1. The number of carboxylic acid groups (broad SMARTS) is 1. The molecule has 4 N–H and O–H groups in total. The number of nitrogens with two attached hydrogens (primary N) is 1. The van der Waals surface area contributed by atoms with Gasteiger partial charge in [-0.2, -0.15) is 0 Å². The standard InChI is InChI=1S/C13H25N3O3/c1-9(2)16-7-5-10(6-8-16)15-13(19)11(14)3-4-12(17)18/h9-11H,3-8,14H2,1-2H3,(H,15,19)(H,17,18). The molecule has 1 amide bonds. The van der Waals surface area contributed by atoms with Gasteiger partial charge in [0.25, 0.3) is 0 Å². The first-order valence-corrected chi connectivity index (χ1v) is 6.92. The maximum absolute atomic E-state index is 11.8. The van der Waals surface area contributed by atoms with Gasteiger partial charge in [0.15, 0.2) is 0 Å². The van der Waals surface area contributed by atoms with Gasteiger partial charge in [-0.05, 0) is 33.1 Å². The van der Waals surface area contributed by atoms with Crippen molar-refractivity contribution in [1.82, 2.24) is 10.2 Å². The third kappa shape index (κ3) is 5.57. The number of aliphatic carboxylic acids is 1. The first-order valence-electron chi connectivity index (χ1n) is 6.92. The minimum atomic E-state index is -0.923. The summed E-state index contributed by atoms with van der Waals surface area (Å²) in [6.45, 7) is 6.29. The van der Waals surface area contributed by atoms with E-state index in [1.165, 1.54) is 0 Å². The lowest BCUT2D eigenvalue weighted by Gasteiger charge is -2.35. The molecule has 1 atom stereocenters. The second-order valence-electron chi connectivity index (χ2n) is 5.45. The van der Waals surface area contributed by atoms with Gasteiger partial charge in [0.05, 0.1) is 6.04 Å². The molecule has 0 bridgehead atoms. The summed E-state index contributed by atoms with van der Waals surface area (Å²) in [5, 5.41) is 11.5. The largest absolute Gasteiger partial charge is 0.481 e. The summed E-state index contributed by atoms with van der Waals surface area (Å²) in [5.41, 5.74) is 5.67. The van der Waals surface area contributed by atoms with Gasteiger partial charge in [0, 0.05) is 31.6 Å². The van der Waals surface area contributed by atoms with E-state index < -0.39 is 12.0 Å². The van der Waals surface area contributed by atoms with Crippen molar-refractivity contribution in [2.24, 2.45) is 5.73 Å². The Balaban J connectivity index is 2.28. The van der Waals surface area contributed by atoms with E-state index in [1.54, 1.807) is 0 Å². The van der Waals surface area contributed by atoms with Crippen molar-refractivity contribution in [2.45, 2.75) is 57.7 Å². The SMILES string of the molecule is CC(C)N1CCC(NC(=O)C(N)CCC(=O)O)CC1. The first-order chi connectivity index (χ1) is 8.90. The Bertz CT molecular complexity index is 312. The zero-order chi connectivity index (χ0) is 14.4. The lowest BCUT2D eigenvalue weighted by Crippen LogP contribution is -2.50. The maximum Gasteiger partial charge on any atom is 0.303 e. The molecule has 19 heavy (non-hydrogen) atoms. The Morgan fingerprint density at radius 3 is 2.42 bits per heavy atom. The lowest BCUT2D eigenvalue weighted by molar-refractivity contribution is -0.137. The molecule has 0 aromatic heterocycles. The van der Waals surface area contributed by atoms with Crippen LogP contribution in [0.1, 0.15) is 39.5 Å². The molecule has 0 aromatic rings. The van der Waals surface area contributed by atoms with Crippen LogP contribution < -0.4 is 11.1 Å². The first kappa shape index (κ1) is 15.9. The van der Waals surface area contributed by atoms with Gasteiger partial charge >= 0.3 is 5.97 Å². The van der Waals surface area contributed by atoms with Crippen molar-refractivity contribution in [2.75, 3.05) is 13.1 Å². The number of rotatable bonds is 6. The van der Waals surface area contributed by atoms with E-state index in [2.05, 4.69) is 24.1 Å². The highest BCUT2D eigenvalue weighted by Crippen LogP contribution is 2.13. The van der Waals surface area contributed by atoms with Gasteiger partial charge in [-0.3, -0.25) is 9.59 Å². The predicted molar refractivity (Wildman–Crippen MR) is 72.7 cm³/mol. The van der Waals surface area contributed by atoms with Crippen LogP contribution in [0.15, 0.2) is 0 Å². The highest BCUT2D eigenvalue weighted by Gasteiger charge is 2.24. The smallest absolute Gasteiger partial charge is 0.303 e. The fourth-order valence-electron chi connectivity index (χ4n) is 2.28. The molecule has 0 saturated carbocycles. The van der Waals surface area contributed by atoms with Crippen LogP contribution in [0, 0.1) is 0 Å². The van der Waals surface area contributed by atoms with E-state index in [0.717, 1.165) is 25.9 Å². The molecule has 1 heterocycles. The molecule has 0 aliphatic carbocycles. The Kier molecular flexibility index (Phi) is 6.24. The quantitative estimate of drug-likeness (QED) is 0.640. The van der Waals surface area contributed by atoms with Gasteiger partial charge in [-0.25, -0.2) is 0 Å². The second kappa shape index (κ2) is 7.45. The molecule has 1 saturated heterocycles. The molecule has 0 spiro atoms. The highest BCUT2D eigenvalue weighted by atomic mass is 16.4. The minimum absolute atomic E-state index is 0.0691. The van der Waals surface area contributed by atoms with Gasteiger partial charge < -0.3 is 21.1 Å². The molecule has 1 unspecified atom stereocenters. The number of carboxylic acids is 1. The van der Waals surface area contributed by atoms with Crippen molar-refractivity contribution >= 4 is 11.9 Å². The monoisotopic (exact) mass is 271 g/mol. The summed E-state index contributed by atoms with van der Waals surface area (Å²) < 4.78 is 0. The Morgan fingerprint density at radius 2 is 1.95 bits per heavy atom. The molecule has 1 aliphatic heterocycles. The second-order valence-corrected chi connectivity index (χ2v) is 5.45. The van der Waals surface area contributed by atoms with Crippen molar-refractivity contribution in [3.05, 3.63) is 0 Å². The summed E-state index contributed by atoms with van der Waals surface area (Å²) in [5.74, 6) is -1.15. The molecular weight excluding hydrogens is 246 g/mol. The number of carbonyl (C=O) groups is 2. The van der Waals surface area contributed by atoms with Crippen LogP contribution in [0.2, 0.25) is 0 Å². The van der Waals surface area contributed by atoms with Crippen molar-refractivity contribution in [3.63, 3.8) is 0 Å². The number of likely N-dealkylation sites (tertiary alicyclic amines) is 1. The summed E-state index contributed by atoms with van der Waals surface area (Å²) in [4.78, 5) is 24.6. The van der Waals surface area contributed by atoms with E-state index >= 15 is 0 Å². The zero-order valence-corrected chi connectivity index (χ0v) is 11.8. The van der Waals surface area contributed by atoms with Gasteiger partial charge in [-0.15, -0.1) is 0 Å². The van der Waals surface area contributed by atoms with Crippen LogP contribution in [0.25, 0.3) is 0 Å². The maximum atomic E-state index is 11.8. The van der Waals surface area contributed by atoms with Crippen molar-refractivity contribution in [1.29, 1.82) is 0 Å². The highest BCUT2D eigenvalue weighted by molar-refractivity contribution is 5.82. The van der Waals surface area contributed by atoms with E-state index in [1.807, 2.05) is 0 Å². The van der Waals surface area contributed by atoms with E-state index in [0.29, 0.717) is 6.04 Å². The van der Waals surface area contributed by atoms with Crippen LogP contribution in [-0.4, -0.2) is 53.1 Å². The normalized spacial score (nSPS) is 19.4. The molecular formula is C13H25N3O3. The molecule has 110 valence electrons. The summed E-state index contributed by atoms with van der Waals surface area (Å²) >= 11 is 0. The van der Waals surface area contributed by atoms with Crippen LogP contribution >= 0.6 is 0 Å². The van der Waals surface area contributed by atoms with Gasteiger partial charge in [-0.1, -0.05) is 0 Å². The Morgan fingerprint density at radius 1 is 1.37 bits per heavy atom. The molecule has 0 radical (unpaired) electrons. The van der Waals surface area contributed by atoms with E-state index in [-0.39, 0.29) is 24.8 Å².